The molecule has 1 fully saturated rings. The molecular weight excluding hydrogens is 356 g/mol. The number of hydrogen-bond acceptors (Lipinski definition) is 5. The lowest BCUT2D eigenvalue weighted by atomic mass is 10.1. The number of aromatic nitrogens is 1. The molecule has 1 N–H and O–H groups in total. The van der Waals surface area contributed by atoms with Crippen LogP contribution < -0.4 is 5.32 Å². The molecule has 1 aromatic rings. The molecule has 1 saturated carbocycles. The van der Waals surface area contributed by atoms with Gasteiger partial charge in [0.05, 0.1) is 19.3 Å². The Morgan fingerprint density at radius 2 is 2.24 bits per heavy atom. The Morgan fingerprint density at radius 1 is 1.48 bits per heavy atom. The minimum Gasteiger partial charge on any atom is -0.469 e. The zero-order chi connectivity index (χ0) is 15.3. The summed E-state index contributed by atoms with van der Waals surface area (Å²) in [4.78, 5) is 27.2. The highest BCUT2D eigenvalue weighted by molar-refractivity contribution is 9.10. The fourth-order valence-corrected chi connectivity index (χ4v) is 3.33. The van der Waals surface area contributed by atoms with Crippen LogP contribution in [0.3, 0.4) is 0 Å². The standard InChI is InChI=1S/C14H17BrN2O3S/c1-20-13(19)6-14(4-5-14)9-21-8-12(18)17-11-3-2-10(15)7-16-11/h2-3,7H,4-6,8-9H2,1H3,(H,16,17,18). The van der Waals surface area contributed by atoms with Crippen LogP contribution in [-0.4, -0.2) is 35.5 Å². The summed E-state index contributed by atoms with van der Waals surface area (Å²) >= 11 is 4.84. The molecule has 114 valence electrons. The number of rotatable bonds is 7. The van der Waals surface area contributed by atoms with E-state index in [9.17, 15) is 9.59 Å². The number of nitrogens with zero attached hydrogens (tertiary/aromatic N) is 1. The lowest BCUT2D eigenvalue weighted by Crippen LogP contribution is -2.18. The number of carbonyl (C=O) groups excluding carboxylic acids is 2. The molecule has 1 heterocycles. The van der Waals surface area contributed by atoms with E-state index >= 15 is 0 Å². The number of anilines is 1. The first-order valence-electron chi connectivity index (χ1n) is 6.59. The highest BCUT2D eigenvalue weighted by atomic mass is 79.9. The van der Waals surface area contributed by atoms with Crippen molar-refractivity contribution in [3.8, 4) is 0 Å². The maximum Gasteiger partial charge on any atom is 0.306 e. The number of methoxy groups -OCH3 is 1. The van der Waals surface area contributed by atoms with E-state index in [0.717, 1.165) is 23.1 Å². The highest BCUT2D eigenvalue weighted by Gasteiger charge is 2.44. The lowest BCUT2D eigenvalue weighted by Gasteiger charge is -2.12. The van der Waals surface area contributed by atoms with Gasteiger partial charge in [-0.25, -0.2) is 4.98 Å². The summed E-state index contributed by atoms with van der Waals surface area (Å²) in [5.74, 6) is 1.46. The van der Waals surface area contributed by atoms with Crippen molar-refractivity contribution in [2.75, 3.05) is 23.9 Å². The number of amides is 1. The Balaban J connectivity index is 1.70. The van der Waals surface area contributed by atoms with E-state index in [0.29, 0.717) is 18.0 Å². The van der Waals surface area contributed by atoms with Gasteiger partial charge in [-0.1, -0.05) is 0 Å². The van der Waals surface area contributed by atoms with Crippen LogP contribution in [0.25, 0.3) is 0 Å². The van der Waals surface area contributed by atoms with Crippen LogP contribution in [0.4, 0.5) is 5.82 Å². The lowest BCUT2D eigenvalue weighted by molar-refractivity contribution is -0.141. The van der Waals surface area contributed by atoms with Gasteiger partial charge in [0.1, 0.15) is 5.82 Å². The highest BCUT2D eigenvalue weighted by Crippen LogP contribution is 2.51. The molecule has 1 aromatic heterocycles. The Bertz CT molecular complexity index is 517. The van der Waals surface area contributed by atoms with Crippen molar-refractivity contribution in [2.24, 2.45) is 5.41 Å². The van der Waals surface area contributed by atoms with Gasteiger partial charge in [0.25, 0.3) is 0 Å². The minimum absolute atomic E-state index is 0.0495. The summed E-state index contributed by atoms with van der Waals surface area (Å²) in [6.45, 7) is 0. The summed E-state index contributed by atoms with van der Waals surface area (Å²) in [7, 11) is 1.41. The number of halogens is 1. The number of esters is 1. The van der Waals surface area contributed by atoms with Gasteiger partial charge in [0.2, 0.25) is 5.91 Å². The molecular formula is C14H17BrN2O3S. The van der Waals surface area contributed by atoms with Crippen molar-refractivity contribution in [3.63, 3.8) is 0 Å². The molecule has 2 rings (SSSR count). The normalized spacial score (nSPS) is 15.3. The molecule has 0 bridgehead atoms. The van der Waals surface area contributed by atoms with Gasteiger partial charge in [-0.3, -0.25) is 9.59 Å². The predicted octanol–water partition coefficient (Wildman–Crippen LogP) is 2.86. The quantitative estimate of drug-likeness (QED) is 0.745. The number of carbonyl (C=O) groups is 2. The van der Waals surface area contributed by atoms with Crippen molar-refractivity contribution in [3.05, 3.63) is 22.8 Å². The van der Waals surface area contributed by atoms with E-state index in [2.05, 4.69) is 26.2 Å². The maximum atomic E-state index is 11.8. The molecule has 1 amide bonds. The Hall–Kier alpha value is -1.08. The van der Waals surface area contributed by atoms with E-state index in [4.69, 9.17) is 4.74 Å². The van der Waals surface area contributed by atoms with Crippen molar-refractivity contribution in [2.45, 2.75) is 19.3 Å². The van der Waals surface area contributed by atoms with Gasteiger partial charge in [0.15, 0.2) is 0 Å². The molecule has 0 spiro atoms. The molecule has 0 aromatic carbocycles. The number of hydrogen-bond donors (Lipinski definition) is 1. The zero-order valence-electron chi connectivity index (χ0n) is 11.7. The molecule has 0 aliphatic heterocycles. The molecule has 1 aliphatic rings. The minimum atomic E-state index is -0.170. The van der Waals surface area contributed by atoms with Crippen molar-refractivity contribution >= 4 is 45.4 Å². The first-order valence-corrected chi connectivity index (χ1v) is 8.54. The van der Waals surface area contributed by atoms with Crippen molar-refractivity contribution < 1.29 is 14.3 Å². The van der Waals surface area contributed by atoms with Crippen LogP contribution >= 0.6 is 27.7 Å². The summed E-state index contributed by atoms with van der Waals surface area (Å²) in [5, 5.41) is 2.74. The van der Waals surface area contributed by atoms with Crippen LogP contribution in [0.1, 0.15) is 19.3 Å². The molecule has 0 atom stereocenters. The van der Waals surface area contributed by atoms with Crippen LogP contribution in [-0.2, 0) is 14.3 Å². The number of nitrogens with one attached hydrogen (secondary N) is 1. The zero-order valence-corrected chi connectivity index (χ0v) is 14.1. The predicted molar refractivity (Wildman–Crippen MR) is 86.2 cm³/mol. The topological polar surface area (TPSA) is 68.3 Å². The van der Waals surface area contributed by atoms with Gasteiger partial charge in [-0.05, 0) is 52.1 Å². The maximum absolute atomic E-state index is 11.8. The van der Waals surface area contributed by atoms with E-state index in [-0.39, 0.29) is 17.3 Å². The van der Waals surface area contributed by atoms with E-state index in [1.54, 1.807) is 24.0 Å². The average molecular weight is 373 g/mol. The molecule has 7 heteroatoms. The number of ether oxygens (including phenoxy) is 1. The Labute approximate surface area is 136 Å². The average Bonchev–Trinajstić information content (AvgIpc) is 3.21. The fourth-order valence-electron chi connectivity index (χ4n) is 1.92. The third-order valence-electron chi connectivity index (χ3n) is 3.34. The first-order chi connectivity index (χ1) is 10.0. The summed E-state index contributed by atoms with van der Waals surface area (Å²) < 4.78 is 5.57. The van der Waals surface area contributed by atoms with Crippen LogP contribution in [0, 0.1) is 5.41 Å². The SMILES string of the molecule is COC(=O)CC1(CSCC(=O)Nc2ccc(Br)cn2)CC1. The largest absolute Gasteiger partial charge is 0.469 e. The number of thioether (sulfide) groups is 1. The molecule has 0 unspecified atom stereocenters. The van der Waals surface area contributed by atoms with Gasteiger partial charge >= 0.3 is 5.97 Å². The second kappa shape index (κ2) is 7.26. The second-order valence-corrected chi connectivity index (χ2v) is 7.06. The monoisotopic (exact) mass is 372 g/mol. The summed E-state index contributed by atoms with van der Waals surface area (Å²) in [6.07, 6.45) is 4.15. The fraction of sp³-hybridized carbons (Fsp3) is 0.500. The molecule has 5 nitrogen and oxygen atoms in total. The van der Waals surface area contributed by atoms with Gasteiger partial charge < -0.3 is 10.1 Å². The Morgan fingerprint density at radius 3 is 2.81 bits per heavy atom. The molecule has 1 aliphatic carbocycles. The third-order valence-corrected chi connectivity index (χ3v) is 5.09. The second-order valence-electron chi connectivity index (χ2n) is 5.16. The van der Waals surface area contributed by atoms with E-state index in [1.807, 2.05) is 6.07 Å². The number of pyridine rings is 1. The van der Waals surface area contributed by atoms with Crippen LogP contribution in [0.5, 0.6) is 0 Å². The van der Waals surface area contributed by atoms with Gasteiger partial charge in [-0.2, -0.15) is 11.8 Å². The molecule has 0 radical (unpaired) electrons. The third kappa shape index (κ3) is 5.32. The van der Waals surface area contributed by atoms with Crippen LogP contribution in [0.15, 0.2) is 22.8 Å². The first kappa shape index (κ1) is 16.3. The van der Waals surface area contributed by atoms with E-state index in [1.165, 1.54) is 7.11 Å². The smallest absolute Gasteiger partial charge is 0.306 e. The summed E-state index contributed by atoms with van der Waals surface area (Å²) in [5.41, 5.74) is 0.0495. The van der Waals surface area contributed by atoms with Gasteiger partial charge in [0, 0.05) is 10.7 Å². The molecule has 0 saturated heterocycles. The van der Waals surface area contributed by atoms with Crippen molar-refractivity contribution in [1.29, 1.82) is 0 Å². The van der Waals surface area contributed by atoms with Gasteiger partial charge in [-0.15, -0.1) is 0 Å². The molecule has 21 heavy (non-hydrogen) atoms. The Kier molecular flexibility index (Phi) is 5.64. The summed E-state index contributed by atoms with van der Waals surface area (Å²) in [6, 6.07) is 3.57. The van der Waals surface area contributed by atoms with Crippen LogP contribution in [0.2, 0.25) is 0 Å². The van der Waals surface area contributed by atoms with Crippen molar-refractivity contribution in [1.82, 2.24) is 4.98 Å². The van der Waals surface area contributed by atoms with E-state index < -0.39 is 0 Å².